The first kappa shape index (κ1) is 9.99. The SMILES string of the molecule is CCc1cc2c(SC)ccc(F)c2s1. The first-order valence-electron chi connectivity index (χ1n) is 4.51. The van der Waals surface area contributed by atoms with E-state index in [-0.39, 0.29) is 5.82 Å². The zero-order chi connectivity index (χ0) is 10.1. The maximum absolute atomic E-state index is 13.5. The average Bonchev–Trinajstić information content (AvgIpc) is 2.63. The lowest BCUT2D eigenvalue weighted by Gasteiger charge is -1.98. The molecule has 2 aromatic rings. The van der Waals surface area contributed by atoms with E-state index in [1.807, 2.05) is 12.3 Å². The number of hydrogen-bond acceptors (Lipinski definition) is 2. The summed E-state index contributed by atoms with van der Waals surface area (Å²) in [5, 5.41) is 1.07. The first-order chi connectivity index (χ1) is 6.76. The molecule has 0 atom stereocenters. The minimum atomic E-state index is -0.0949. The molecule has 74 valence electrons. The van der Waals surface area contributed by atoms with Gasteiger partial charge in [-0.3, -0.25) is 0 Å². The molecule has 1 aromatic heterocycles. The Balaban J connectivity index is 2.74. The fraction of sp³-hybridized carbons (Fsp3) is 0.273. The Morgan fingerprint density at radius 2 is 2.21 bits per heavy atom. The van der Waals surface area contributed by atoms with E-state index >= 15 is 0 Å². The highest BCUT2D eigenvalue weighted by atomic mass is 32.2. The summed E-state index contributed by atoms with van der Waals surface area (Å²) in [5.41, 5.74) is 0. The van der Waals surface area contributed by atoms with Crippen molar-refractivity contribution in [3.05, 3.63) is 28.9 Å². The van der Waals surface area contributed by atoms with Crippen LogP contribution < -0.4 is 0 Å². The van der Waals surface area contributed by atoms with E-state index in [1.165, 1.54) is 4.88 Å². The average molecular weight is 226 g/mol. The molecule has 0 fully saturated rings. The molecule has 0 aliphatic carbocycles. The highest BCUT2D eigenvalue weighted by molar-refractivity contribution is 7.98. The normalized spacial score (nSPS) is 11.1. The van der Waals surface area contributed by atoms with Crippen LogP contribution in [0.25, 0.3) is 10.1 Å². The second-order valence-corrected chi connectivity index (χ2v) is 5.04. The van der Waals surface area contributed by atoms with E-state index in [2.05, 4.69) is 13.0 Å². The van der Waals surface area contributed by atoms with E-state index in [0.29, 0.717) is 0 Å². The molecule has 1 aromatic carbocycles. The number of fused-ring (bicyclic) bond motifs is 1. The van der Waals surface area contributed by atoms with Crippen LogP contribution in [0.5, 0.6) is 0 Å². The smallest absolute Gasteiger partial charge is 0.141 e. The summed E-state index contributed by atoms with van der Waals surface area (Å²) < 4.78 is 14.3. The monoisotopic (exact) mass is 226 g/mol. The molecule has 0 amide bonds. The molecule has 0 aliphatic heterocycles. The van der Waals surface area contributed by atoms with Gasteiger partial charge in [-0.25, -0.2) is 4.39 Å². The Kier molecular flexibility index (Phi) is 2.79. The molecule has 14 heavy (non-hydrogen) atoms. The first-order valence-corrected chi connectivity index (χ1v) is 6.55. The molecule has 0 saturated heterocycles. The highest BCUT2D eigenvalue weighted by Gasteiger charge is 2.08. The number of benzene rings is 1. The molecule has 0 saturated carbocycles. The van der Waals surface area contributed by atoms with Crippen LogP contribution in [0.2, 0.25) is 0 Å². The molecular formula is C11H11FS2. The van der Waals surface area contributed by atoms with Gasteiger partial charge in [0.05, 0.1) is 4.70 Å². The molecule has 0 aliphatic rings. The summed E-state index contributed by atoms with van der Waals surface area (Å²) in [5.74, 6) is -0.0949. The number of rotatable bonds is 2. The third-order valence-corrected chi connectivity index (χ3v) is 4.30. The summed E-state index contributed by atoms with van der Waals surface area (Å²) in [7, 11) is 0. The van der Waals surface area contributed by atoms with Crippen LogP contribution in [0.4, 0.5) is 4.39 Å². The van der Waals surface area contributed by atoms with Gasteiger partial charge < -0.3 is 0 Å². The molecule has 0 nitrogen and oxygen atoms in total. The van der Waals surface area contributed by atoms with Crippen molar-refractivity contribution in [1.82, 2.24) is 0 Å². The van der Waals surface area contributed by atoms with Crippen molar-refractivity contribution in [2.24, 2.45) is 0 Å². The number of thiophene rings is 1. The Hall–Kier alpha value is -0.540. The van der Waals surface area contributed by atoms with Gasteiger partial charge in [-0.15, -0.1) is 23.1 Å². The molecule has 0 N–H and O–H groups in total. The van der Waals surface area contributed by atoms with E-state index < -0.39 is 0 Å². The third kappa shape index (κ3) is 1.55. The number of hydrogen-bond donors (Lipinski definition) is 0. The summed E-state index contributed by atoms with van der Waals surface area (Å²) >= 11 is 3.24. The van der Waals surface area contributed by atoms with Gasteiger partial charge in [-0.2, -0.15) is 0 Å². The van der Waals surface area contributed by atoms with Crippen molar-refractivity contribution < 1.29 is 4.39 Å². The maximum Gasteiger partial charge on any atom is 0.141 e. The van der Waals surface area contributed by atoms with E-state index in [1.54, 1.807) is 29.2 Å². The standard InChI is InChI=1S/C11H11FS2/c1-3-7-6-8-10(13-2)5-4-9(12)11(8)14-7/h4-6H,3H2,1-2H3. The van der Waals surface area contributed by atoms with Crippen LogP contribution in [-0.4, -0.2) is 6.26 Å². The van der Waals surface area contributed by atoms with Gasteiger partial charge in [-0.05, 0) is 30.9 Å². The topological polar surface area (TPSA) is 0 Å². The van der Waals surface area contributed by atoms with Gasteiger partial charge in [0.2, 0.25) is 0 Å². The van der Waals surface area contributed by atoms with E-state index in [0.717, 1.165) is 21.4 Å². The fourth-order valence-electron chi connectivity index (χ4n) is 1.47. The number of halogens is 1. The molecule has 1 heterocycles. The second kappa shape index (κ2) is 3.91. The highest BCUT2D eigenvalue weighted by Crippen LogP contribution is 2.34. The molecule has 0 unspecified atom stereocenters. The van der Waals surface area contributed by atoms with Crippen molar-refractivity contribution >= 4 is 33.2 Å². The van der Waals surface area contributed by atoms with Gasteiger partial charge >= 0.3 is 0 Å². The second-order valence-electron chi connectivity index (χ2n) is 3.06. The van der Waals surface area contributed by atoms with E-state index in [9.17, 15) is 4.39 Å². The van der Waals surface area contributed by atoms with Crippen LogP contribution >= 0.6 is 23.1 Å². The molecule has 2 rings (SSSR count). The van der Waals surface area contributed by atoms with Gasteiger partial charge in [0, 0.05) is 15.2 Å². The van der Waals surface area contributed by atoms with Crippen molar-refractivity contribution in [3.8, 4) is 0 Å². The quantitative estimate of drug-likeness (QED) is 0.687. The number of thioether (sulfide) groups is 1. The predicted octanol–water partition coefficient (Wildman–Crippen LogP) is 4.32. The summed E-state index contributed by atoms with van der Waals surface area (Å²) in [6, 6.07) is 5.52. The van der Waals surface area contributed by atoms with Gasteiger partial charge in [0.1, 0.15) is 5.82 Å². The Labute approximate surface area is 91.1 Å². The maximum atomic E-state index is 13.5. The van der Waals surface area contributed by atoms with Crippen LogP contribution in [0, 0.1) is 5.82 Å². The summed E-state index contributed by atoms with van der Waals surface area (Å²) in [6.07, 6.45) is 3.00. The van der Waals surface area contributed by atoms with Gasteiger partial charge in [0.15, 0.2) is 0 Å². The Morgan fingerprint density at radius 3 is 2.86 bits per heavy atom. The molecule has 0 bridgehead atoms. The lowest BCUT2D eigenvalue weighted by atomic mass is 10.2. The van der Waals surface area contributed by atoms with Gasteiger partial charge in [0.25, 0.3) is 0 Å². The zero-order valence-corrected chi connectivity index (χ0v) is 9.77. The molecular weight excluding hydrogens is 215 g/mol. The molecule has 0 spiro atoms. The Bertz CT molecular complexity index is 460. The zero-order valence-electron chi connectivity index (χ0n) is 8.13. The Morgan fingerprint density at radius 1 is 1.43 bits per heavy atom. The predicted molar refractivity (Wildman–Crippen MR) is 62.9 cm³/mol. The lowest BCUT2D eigenvalue weighted by Crippen LogP contribution is -1.76. The van der Waals surface area contributed by atoms with Crippen molar-refractivity contribution in [1.29, 1.82) is 0 Å². The largest absolute Gasteiger partial charge is 0.205 e. The van der Waals surface area contributed by atoms with Crippen molar-refractivity contribution in [2.45, 2.75) is 18.2 Å². The van der Waals surface area contributed by atoms with E-state index in [4.69, 9.17) is 0 Å². The molecule has 0 radical (unpaired) electrons. The number of aryl methyl sites for hydroxylation is 1. The summed E-state index contributed by atoms with van der Waals surface area (Å²) in [4.78, 5) is 2.41. The minimum Gasteiger partial charge on any atom is -0.205 e. The van der Waals surface area contributed by atoms with Crippen LogP contribution in [0.1, 0.15) is 11.8 Å². The molecule has 3 heteroatoms. The third-order valence-electron chi connectivity index (χ3n) is 2.21. The van der Waals surface area contributed by atoms with Crippen molar-refractivity contribution in [3.63, 3.8) is 0 Å². The minimum absolute atomic E-state index is 0.0949. The van der Waals surface area contributed by atoms with Crippen molar-refractivity contribution in [2.75, 3.05) is 6.26 Å². The van der Waals surface area contributed by atoms with Gasteiger partial charge in [-0.1, -0.05) is 6.92 Å². The van der Waals surface area contributed by atoms with Crippen LogP contribution in [0.15, 0.2) is 23.1 Å². The lowest BCUT2D eigenvalue weighted by molar-refractivity contribution is 0.641. The fourth-order valence-corrected chi connectivity index (χ4v) is 3.15. The van der Waals surface area contributed by atoms with Crippen LogP contribution in [0.3, 0.4) is 0 Å². The van der Waals surface area contributed by atoms with Crippen LogP contribution in [-0.2, 0) is 6.42 Å². The summed E-state index contributed by atoms with van der Waals surface area (Å²) in [6.45, 7) is 2.10.